The van der Waals surface area contributed by atoms with Gasteiger partial charge in [-0.3, -0.25) is 4.79 Å². The van der Waals surface area contributed by atoms with Gasteiger partial charge in [-0.05, 0) is 43.1 Å². The maximum atomic E-state index is 13.5. The van der Waals surface area contributed by atoms with Crippen LogP contribution >= 0.6 is 0 Å². The molecule has 2 saturated heterocycles. The minimum Gasteiger partial charge on any atom is -0.504 e. The summed E-state index contributed by atoms with van der Waals surface area (Å²) >= 11 is 0. The van der Waals surface area contributed by atoms with Gasteiger partial charge in [-0.1, -0.05) is 26.3 Å². The van der Waals surface area contributed by atoms with E-state index in [1.807, 2.05) is 13.8 Å². The summed E-state index contributed by atoms with van der Waals surface area (Å²) in [6.07, 6.45) is -4.75. The Morgan fingerprint density at radius 2 is 1.85 bits per heavy atom. The number of allylic oxidation sites excluding steroid dienone is 3. The van der Waals surface area contributed by atoms with Crippen LogP contribution in [0.4, 0.5) is 0 Å². The number of carbonyl (C=O) groups is 4. The molecule has 0 radical (unpaired) electrons. The molecule has 1 spiro atoms. The molecule has 5 rings (SSSR count). The first-order valence-electron chi connectivity index (χ1n) is 13.3. The van der Waals surface area contributed by atoms with Crippen LogP contribution in [0.5, 0.6) is 0 Å². The topological polar surface area (TPSA) is 166 Å². The van der Waals surface area contributed by atoms with E-state index in [4.69, 9.17) is 18.9 Å². The number of fused-ring (bicyclic) bond motifs is 2. The molecule has 2 saturated carbocycles. The molecule has 3 aliphatic carbocycles. The van der Waals surface area contributed by atoms with Crippen molar-refractivity contribution in [2.45, 2.75) is 77.5 Å². The van der Waals surface area contributed by atoms with E-state index in [1.165, 1.54) is 6.08 Å². The van der Waals surface area contributed by atoms with Gasteiger partial charge in [0.1, 0.15) is 12.2 Å². The van der Waals surface area contributed by atoms with Crippen molar-refractivity contribution >= 4 is 23.7 Å². The predicted molar refractivity (Wildman–Crippen MR) is 132 cm³/mol. The lowest BCUT2D eigenvalue weighted by Crippen LogP contribution is -2.79. The number of carbonyl (C=O) groups excluding carboxylic acids is 4. The molecule has 2 aliphatic heterocycles. The van der Waals surface area contributed by atoms with Gasteiger partial charge in [0.25, 0.3) is 0 Å². The molecule has 10 atom stereocenters. The zero-order chi connectivity index (χ0) is 28.8. The number of ether oxygens (including phenoxy) is 4. The standard InChI is InChI=1S/C28H36O11/c1-11(2)12(3)7-17(30)39-20-22-27-10-37-28(22,25(35)36-6)23(33)19(32)21(27)26(5)9-15(29)18(31)13(4)14(26)8-16(27)38-24(20)34/h7,11,14,16,19-23,31-33H,8-10H2,1-6H3/b12-7+/t14?,16?,19-,20?,21?,22?,23-,26+,27?,28?/m1/s1. The Labute approximate surface area is 226 Å². The molecule has 0 amide bonds. The number of aliphatic hydroxyl groups excluding tert-OH is 3. The van der Waals surface area contributed by atoms with E-state index in [0.29, 0.717) is 11.1 Å². The van der Waals surface area contributed by atoms with Crippen molar-refractivity contribution in [2.75, 3.05) is 13.7 Å². The van der Waals surface area contributed by atoms with Crippen molar-refractivity contribution in [2.24, 2.45) is 34.5 Å². The Bertz CT molecular complexity index is 1200. The first-order valence-corrected chi connectivity index (χ1v) is 13.3. The second kappa shape index (κ2) is 8.87. The summed E-state index contributed by atoms with van der Waals surface area (Å²) in [6, 6.07) is 0. The van der Waals surface area contributed by atoms with Crippen molar-refractivity contribution in [3.63, 3.8) is 0 Å². The fourth-order valence-electron chi connectivity index (χ4n) is 8.37. The Hall–Kier alpha value is -2.76. The van der Waals surface area contributed by atoms with Gasteiger partial charge in [-0.15, -0.1) is 0 Å². The summed E-state index contributed by atoms with van der Waals surface area (Å²) < 4.78 is 22.7. The van der Waals surface area contributed by atoms with Crippen molar-refractivity contribution in [1.29, 1.82) is 0 Å². The van der Waals surface area contributed by atoms with Gasteiger partial charge in [-0.2, -0.15) is 0 Å². The number of esters is 3. The molecule has 39 heavy (non-hydrogen) atoms. The van der Waals surface area contributed by atoms with E-state index in [2.05, 4.69) is 0 Å². The molecule has 0 aromatic rings. The van der Waals surface area contributed by atoms with Crippen LogP contribution in [0.3, 0.4) is 0 Å². The number of rotatable bonds is 4. The van der Waals surface area contributed by atoms with Crippen LogP contribution in [0, 0.1) is 34.5 Å². The van der Waals surface area contributed by atoms with E-state index in [0.717, 1.165) is 7.11 Å². The molecular weight excluding hydrogens is 512 g/mol. The third-order valence-electron chi connectivity index (χ3n) is 10.3. The molecule has 2 bridgehead atoms. The molecular formula is C28H36O11. The molecule has 0 aromatic carbocycles. The minimum atomic E-state index is -2.22. The zero-order valence-electron chi connectivity index (χ0n) is 22.9. The van der Waals surface area contributed by atoms with Gasteiger partial charge >= 0.3 is 17.9 Å². The first kappa shape index (κ1) is 27.8. The van der Waals surface area contributed by atoms with Crippen molar-refractivity contribution in [3.05, 3.63) is 23.0 Å². The molecule has 214 valence electrons. The smallest absolute Gasteiger partial charge is 0.348 e. The van der Waals surface area contributed by atoms with E-state index >= 15 is 0 Å². The molecule has 4 fully saturated rings. The van der Waals surface area contributed by atoms with Gasteiger partial charge in [0, 0.05) is 23.8 Å². The quantitative estimate of drug-likeness (QED) is 0.262. The molecule has 3 N–H and O–H groups in total. The summed E-state index contributed by atoms with van der Waals surface area (Å²) in [5.74, 6) is -6.26. The SMILES string of the molecule is COC(=O)C12OCC34C(CC5C(C)=C(O)C(=O)C[C@]5(C)C3[C@@H](O)[C@H]1O)OC(=O)C(OC(=O)/C=C(\C)C(C)C)C42. The average molecular weight is 549 g/mol. The summed E-state index contributed by atoms with van der Waals surface area (Å²) in [5, 5.41) is 33.7. The van der Waals surface area contributed by atoms with Crippen LogP contribution in [0.2, 0.25) is 0 Å². The Kier molecular flexibility index (Phi) is 6.32. The van der Waals surface area contributed by atoms with Gasteiger partial charge in [0.2, 0.25) is 11.7 Å². The number of hydrogen-bond donors (Lipinski definition) is 3. The number of aliphatic hydroxyl groups is 3. The molecule has 7 unspecified atom stereocenters. The number of Topliss-reactive ketones (excluding diaryl/α,β-unsaturated/α-hetero) is 1. The lowest BCUT2D eigenvalue weighted by molar-refractivity contribution is -0.290. The number of ketones is 1. The molecule has 2 heterocycles. The second-order valence-electron chi connectivity index (χ2n) is 12.3. The Morgan fingerprint density at radius 3 is 2.46 bits per heavy atom. The third-order valence-corrected chi connectivity index (χ3v) is 10.3. The van der Waals surface area contributed by atoms with Gasteiger partial charge in [0.05, 0.1) is 25.7 Å². The molecule has 11 heteroatoms. The highest BCUT2D eigenvalue weighted by atomic mass is 16.6. The Morgan fingerprint density at radius 1 is 1.18 bits per heavy atom. The summed E-state index contributed by atoms with van der Waals surface area (Å²) in [7, 11) is 1.10. The van der Waals surface area contributed by atoms with Crippen LogP contribution in [-0.2, 0) is 38.1 Å². The monoisotopic (exact) mass is 548 g/mol. The van der Waals surface area contributed by atoms with Crippen LogP contribution in [0.1, 0.15) is 47.5 Å². The maximum Gasteiger partial charge on any atom is 0.348 e. The third kappa shape index (κ3) is 3.39. The number of methoxy groups -OCH3 is 1. The normalized spacial score (nSPS) is 44.9. The predicted octanol–water partition coefficient (Wildman–Crippen LogP) is 1.15. The van der Waals surface area contributed by atoms with Crippen molar-refractivity contribution in [3.8, 4) is 0 Å². The van der Waals surface area contributed by atoms with Crippen LogP contribution in [-0.4, -0.2) is 82.7 Å². The van der Waals surface area contributed by atoms with E-state index in [9.17, 15) is 34.5 Å². The number of hydrogen-bond acceptors (Lipinski definition) is 11. The highest BCUT2D eigenvalue weighted by molar-refractivity contribution is 5.95. The zero-order valence-corrected chi connectivity index (χ0v) is 22.9. The lowest BCUT2D eigenvalue weighted by Gasteiger charge is -2.67. The van der Waals surface area contributed by atoms with E-state index < -0.39 is 82.3 Å². The summed E-state index contributed by atoms with van der Waals surface area (Å²) in [4.78, 5) is 52.8. The minimum absolute atomic E-state index is 0.0302. The molecule has 5 aliphatic rings. The summed E-state index contributed by atoms with van der Waals surface area (Å²) in [6.45, 7) is 8.72. The first-order chi connectivity index (χ1) is 18.2. The van der Waals surface area contributed by atoms with Crippen molar-refractivity contribution < 1.29 is 53.4 Å². The molecule has 0 aromatic heterocycles. The van der Waals surface area contributed by atoms with Crippen molar-refractivity contribution in [1.82, 2.24) is 0 Å². The van der Waals surface area contributed by atoms with Crippen LogP contribution in [0.25, 0.3) is 0 Å². The average Bonchev–Trinajstić information content (AvgIpc) is 3.18. The van der Waals surface area contributed by atoms with Gasteiger partial charge < -0.3 is 34.3 Å². The highest BCUT2D eigenvalue weighted by Gasteiger charge is 2.85. The fourth-order valence-corrected chi connectivity index (χ4v) is 8.37. The maximum absolute atomic E-state index is 13.5. The fraction of sp³-hybridized carbons (Fsp3) is 0.714. The molecule has 11 nitrogen and oxygen atoms in total. The van der Waals surface area contributed by atoms with E-state index in [1.54, 1.807) is 20.8 Å². The van der Waals surface area contributed by atoms with Gasteiger partial charge in [-0.25, -0.2) is 14.4 Å². The van der Waals surface area contributed by atoms with E-state index in [-0.39, 0.29) is 31.1 Å². The second-order valence-corrected chi connectivity index (χ2v) is 12.3. The van der Waals surface area contributed by atoms with Gasteiger partial charge in [0.15, 0.2) is 11.5 Å². The Balaban J connectivity index is 1.71. The van der Waals surface area contributed by atoms with Crippen LogP contribution in [0.15, 0.2) is 23.0 Å². The van der Waals surface area contributed by atoms with Crippen LogP contribution < -0.4 is 0 Å². The highest BCUT2D eigenvalue weighted by Crippen LogP contribution is 2.72. The largest absolute Gasteiger partial charge is 0.504 e. The lowest BCUT2D eigenvalue weighted by atomic mass is 9.38. The summed E-state index contributed by atoms with van der Waals surface area (Å²) in [5.41, 5.74) is -3.43.